The number of nitrogens with one attached hydrogen (secondary N) is 2. The van der Waals surface area contributed by atoms with Crippen LogP contribution in [0.25, 0.3) is 0 Å². The van der Waals surface area contributed by atoms with Gasteiger partial charge in [0.1, 0.15) is 0 Å². The highest BCUT2D eigenvalue weighted by Gasteiger charge is 2.07. The van der Waals surface area contributed by atoms with E-state index in [1.165, 1.54) is 5.56 Å². The molecule has 0 heterocycles. The summed E-state index contributed by atoms with van der Waals surface area (Å²) in [5.74, 6) is 1.65. The summed E-state index contributed by atoms with van der Waals surface area (Å²) in [6.07, 6.45) is 0. The zero-order chi connectivity index (χ0) is 14.8. The Hall–Kier alpha value is -1.26. The Balaban J connectivity index is 2.59. The molecule has 1 aromatic rings. The summed E-state index contributed by atoms with van der Waals surface area (Å²) in [6.45, 7) is 12.4. The van der Waals surface area contributed by atoms with Gasteiger partial charge in [-0.3, -0.25) is 0 Å². The van der Waals surface area contributed by atoms with Crippen LogP contribution in [0.4, 0.5) is 0 Å². The van der Waals surface area contributed by atoms with Crippen molar-refractivity contribution in [1.29, 1.82) is 0 Å². The fourth-order valence-corrected chi connectivity index (χ4v) is 1.93. The normalized spacial score (nSPS) is 12.2. The Kier molecular flexibility index (Phi) is 8.07. The quantitative estimate of drug-likeness (QED) is 0.691. The molecule has 20 heavy (non-hydrogen) atoms. The molecule has 4 nitrogen and oxygen atoms in total. The summed E-state index contributed by atoms with van der Waals surface area (Å²) in [4.78, 5) is 0. The van der Waals surface area contributed by atoms with Crippen molar-refractivity contribution in [1.82, 2.24) is 10.6 Å². The largest absolute Gasteiger partial charge is 0.490 e. The molecular formula is C16H28N2O2. The number of benzene rings is 1. The van der Waals surface area contributed by atoms with Crippen molar-refractivity contribution in [2.24, 2.45) is 0 Å². The van der Waals surface area contributed by atoms with Gasteiger partial charge >= 0.3 is 0 Å². The lowest BCUT2D eigenvalue weighted by atomic mass is 10.2. The van der Waals surface area contributed by atoms with Gasteiger partial charge in [-0.2, -0.15) is 0 Å². The first-order valence-electron chi connectivity index (χ1n) is 7.53. The van der Waals surface area contributed by atoms with E-state index in [1.807, 2.05) is 19.9 Å². The van der Waals surface area contributed by atoms with E-state index in [0.717, 1.165) is 31.1 Å². The third-order valence-electron chi connectivity index (χ3n) is 2.96. The molecule has 0 bridgehead atoms. The van der Waals surface area contributed by atoms with Gasteiger partial charge in [-0.05, 0) is 45.0 Å². The number of rotatable bonds is 10. The summed E-state index contributed by atoms with van der Waals surface area (Å²) >= 11 is 0. The molecule has 114 valence electrons. The third kappa shape index (κ3) is 5.80. The molecule has 1 unspecified atom stereocenters. The summed E-state index contributed by atoms with van der Waals surface area (Å²) in [5, 5.41) is 6.83. The maximum atomic E-state index is 5.64. The molecule has 0 radical (unpaired) electrons. The minimum atomic E-state index is 0.442. The van der Waals surface area contributed by atoms with Crippen LogP contribution in [0, 0.1) is 0 Å². The molecular weight excluding hydrogens is 252 g/mol. The van der Waals surface area contributed by atoms with Gasteiger partial charge in [0.2, 0.25) is 0 Å². The molecule has 0 saturated heterocycles. The highest BCUT2D eigenvalue weighted by molar-refractivity contribution is 5.43. The molecule has 2 N–H and O–H groups in total. The van der Waals surface area contributed by atoms with E-state index in [0.29, 0.717) is 19.3 Å². The molecule has 1 atom stereocenters. The molecule has 0 aliphatic carbocycles. The van der Waals surface area contributed by atoms with Gasteiger partial charge in [-0.1, -0.05) is 13.0 Å². The number of ether oxygens (including phenoxy) is 2. The van der Waals surface area contributed by atoms with Gasteiger partial charge in [0.25, 0.3) is 0 Å². The van der Waals surface area contributed by atoms with Crippen molar-refractivity contribution in [3.63, 3.8) is 0 Å². The van der Waals surface area contributed by atoms with Crippen LogP contribution in [-0.4, -0.2) is 32.3 Å². The lowest BCUT2D eigenvalue weighted by molar-refractivity contribution is 0.287. The van der Waals surface area contributed by atoms with Crippen LogP contribution in [0.3, 0.4) is 0 Å². The van der Waals surface area contributed by atoms with Crippen LogP contribution in [0.15, 0.2) is 18.2 Å². The summed E-state index contributed by atoms with van der Waals surface area (Å²) in [5.41, 5.74) is 1.21. The van der Waals surface area contributed by atoms with E-state index in [1.54, 1.807) is 0 Å². The predicted molar refractivity (Wildman–Crippen MR) is 83.6 cm³/mol. The summed E-state index contributed by atoms with van der Waals surface area (Å²) in [6, 6.07) is 6.57. The van der Waals surface area contributed by atoms with Crippen LogP contribution in [0.2, 0.25) is 0 Å². The molecule has 0 aromatic heterocycles. The average molecular weight is 280 g/mol. The smallest absolute Gasteiger partial charge is 0.161 e. The van der Waals surface area contributed by atoms with Gasteiger partial charge in [-0.15, -0.1) is 0 Å². The Morgan fingerprint density at radius 3 is 2.40 bits per heavy atom. The Bertz CT molecular complexity index is 383. The molecule has 1 rings (SSSR count). The van der Waals surface area contributed by atoms with Crippen LogP contribution >= 0.6 is 0 Å². The van der Waals surface area contributed by atoms with E-state index >= 15 is 0 Å². The van der Waals surface area contributed by atoms with Gasteiger partial charge in [-0.25, -0.2) is 0 Å². The predicted octanol–water partition coefficient (Wildman–Crippen LogP) is 2.57. The van der Waals surface area contributed by atoms with Gasteiger partial charge in [0.05, 0.1) is 13.2 Å². The van der Waals surface area contributed by atoms with Crippen molar-refractivity contribution in [2.45, 2.75) is 40.3 Å². The van der Waals surface area contributed by atoms with Gasteiger partial charge in [0.15, 0.2) is 11.5 Å². The third-order valence-corrected chi connectivity index (χ3v) is 2.96. The van der Waals surface area contributed by atoms with Crippen molar-refractivity contribution in [2.75, 3.05) is 26.3 Å². The minimum absolute atomic E-state index is 0.442. The average Bonchev–Trinajstić information content (AvgIpc) is 2.45. The van der Waals surface area contributed by atoms with Crippen molar-refractivity contribution in [3.05, 3.63) is 23.8 Å². The Morgan fingerprint density at radius 1 is 1.05 bits per heavy atom. The molecule has 0 fully saturated rings. The van der Waals surface area contributed by atoms with Crippen molar-refractivity contribution >= 4 is 0 Å². The molecule has 0 aliphatic heterocycles. The van der Waals surface area contributed by atoms with Gasteiger partial charge < -0.3 is 20.1 Å². The molecule has 0 spiro atoms. The second-order valence-corrected chi connectivity index (χ2v) is 4.74. The Morgan fingerprint density at radius 2 is 1.75 bits per heavy atom. The first-order valence-corrected chi connectivity index (χ1v) is 7.53. The molecule has 0 amide bonds. The van der Waals surface area contributed by atoms with E-state index in [4.69, 9.17) is 9.47 Å². The Labute approximate surface area is 122 Å². The van der Waals surface area contributed by atoms with E-state index in [2.05, 4.69) is 36.6 Å². The SMILES string of the molecule is CCNCC(C)NCc1ccc(OCC)c(OCC)c1. The summed E-state index contributed by atoms with van der Waals surface area (Å²) < 4.78 is 11.2. The zero-order valence-corrected chi connectivity index (χ0v) is 13.2. The number of hydrogen-bond acceptors (Lipinski definition) is 4. The number of hydrogen-bond donors (Lipinski definition) is 2. The topological polar surface area (TPSA) is 42.5 Å². The zero-order valence-electron chi connectivity index (χ0n) is 13.2. The van der Waals surface area contributed by atoms with Crippen LogP contribution in [0.1, 0.15) is 33.3 Å². The highest BCUT2D eigenvalue weighted by atomic mass is 16.5. The molecule has 1 aromatic carbocycles. The van der Waals surface area contributed by atoms with Gasteiger partial charge in [0, 0.05) is 19.1 Å². The second-order valence-electron chi connectivity index (χ2n) is 4.74. The van der Waals surface area contributed by atoms with Crippen LogP contribution < -0.4 is 20.1 Å². The monoisotopic (exact) mass is 280 g/mol. The lowest BCUT2D eigenvalue weighted by Crippen LogP contribution is -2.35. The van der Waals surface area contributed by atoms with Crippen LogP contribution in [0.5, 0.6) is 11.5 Å². The van der Waals surface area contributed by atoms with Crippen molar-refractivity contribution in [3.8, 4) is 11.5 Å². The van der Waals surface area contributed by atoms with Crippen LogP contribution in [-0.2, 0) is 6.54 Å². The van der Waals surface area contributed by atoms with E-state index in [-0.39, 0.29) is 0 Å². The standard InChI is InChI=1S/C16H28N2O2/c1-5-17-11-13(4)18-12-14-8-9-15(19-6-2)16(10-14)20-7-3/h8-10,13,17-18H,5-7,11-12H2,1-4H3. The first-order chi connectivity index (χ1) is 9.71. The molecule has 0 saturated carbocycles. The maximum absolute atomic E-state index is 5.64. The fraction of sp³-hybridized carbons (Fsp3) is 0.625. The lowest BCUT2D eigenvalue weighted by Gasteiger charge is -2.16. The molecule has 4 heteroatoms. The fourth-order valence-electron chi connectivity index (χ4n) is 1.93. The first kappa shape index (κ1) is 16.8. The van der Waals surface area contributed by atoms with Crippen molar-refractivity contribution < 1.29 is 9.47 Å². The number of likely N-dealkylation sites (N-methyl/N-ethyl adjacent to an activating group) is 1. The molecule has 0 aliphatic rings. The highest BCUT2D eigenvalue weighted by Crippen LogP contribution is 2.28. The second kappa shape index (κ2) is 9.61. The van der Waals surface area contributed by atoms with E-state index < -0.39 is 0 Å². The maximum Gasteiger partial charge on any atom is 0.161 e. The minimum Gasteiger partial charge on any atom is -0.490 e. The summed E-state index contributed by atoms with van der Waals surface area (Å²) in [7, 11) is 0. The van der Waals surface area contributed by atoms with E-state index in [9.17, 15) is 0 Å².